The third-order valence-electron chi connectivity index (χ3n) is 0.947. The molecular weight excluding hydrogens is 98.1 g/mol. The predicted molar refractivity (Wildman–Crippen MR) is 36.0 cm³/mol. The molecule has 0 aromatic heterocycles. The second-order valence-electron chi connectivity index (χ2n) is 1.48. The number of rotatable bonds is 3. The van der Waals surface area contributed by atoms with Crippen molar-refractivity contribution in [2.45, 2.75) is 0 Å². The van der Waals surface area contributed by atoms with E-state index in [1.54, 1.807) is 0 Å². The van der Waals surface area contributed by atoms with Crippen molar-refractivity contribution in [3.8, 4) is 12.3 Å². The largest absolute Gasteiger partial charge is 0.292 e. The summed E-state index contributed by atoms with van der Waals surface area (Å²) in [7, 11) is 0. The van der Waals surface area contributed by atoms with Crippen molar-refractivity contribution >= 4 is 0 Å². The normalized spacial score (nSPS) is 9.25. The van der Waals surface area contributed by atoms with Crippen LogP contribution >= 0.6 is 0 Å². The van der Waals surface area contributed by atoms with E-state index in [2.05, 4.69) is 19.8 Å². The maximum atomic E-state index is 5.03. The van der Waals surface area contributed by atoms with Crippen molar-refractivity contribution in [3.05, 3.63) is 13.8 Å². The first-order valence-corrected chi connectivity index (χ1v) is 2.59. The predicted octanol–water partition coefficient (Wildman–Crippen LogP) is 0.590. The van der Waals surface area contributed by atoms with Crippen LogP contribution in [0, 0.1) is 26.2 Å². The second kappa shape index (κ2) is 4.67. The molecule has 0 saturated carbocycles. The summed E-state index contributed by atoms with van der Waals surface area (Å²) in [6.45, 7) is 9.48. The fourth-order valence-corrected chi connectivity index (χ4v) is 0.399. The number of terminal acetylenes is 1. The maximum Gasteiger partial charge on any atom is 0.0598 e. The average molecular weight is 109 g/mol. The van der Waals surface area contributed by atoms with E-state index in [-0.39, 0.29) is 0 Å². The van der Waals surface area contributed by atoms with Gasteiger partial charge in [0.25, 0.3) is 0 Å². The highest BCUT2D eigenvalue weighted by atomic mass is 15.1. The van der Waals surface area contributed by atoms with Crippen molar-refractivity contribution in [1.29, 1.82) is 0 Å². The van der Waals surface area contributed by atoms with Gasteiger partial charge in [-0.3, -0.25) is 4.90 Å². The molecule has 0 aromatic carbocycles. The van der Waals surface area contributed by atoms with E-state index >= 15 is 0 Å². The minimum atomic E-state index is 0.660. The van der Waals surface area contributed by atoms with E-state index in [0.29, 0.717) is 6.54 Å². The lowest BCUT2D eigenvalue weighted by Crippen LogP contribution is -2.23. The minimum absolute atomic E-state index is 0.660. The van der Waals surface area contributed by atoms with Crippen LogP contribution in [0.3, 0.4) is 0 Å². The van der Waals surface area contributed by atoms with Crippen LogP contribution in [0.25, 0.3) is 0 Å². The molecule has 0 fully saturated rings. The molecule has 1 heteroatoms. The molecular formula is C7H11N. The highest BCUT2D eigenvalue weighted by molar-refractivity contribution is 4.88. The minimum Gasteiger partial charge on any atom is -0.292 e. The third kappa shape index (κ3) is 2.65. The van der Waals surface area contributed by atoms with Crippen LogP contribution in [0.4, 0.5) is 0 Å². The topological polar surface area (TPSA) is 3.24 Å². The zero-order chi connectivity index (χ0) is 6.41. The van der Waals surface area contributed by atoms with Crippen LogP contribution in [-0.2, 0) is 0 Å². The summed E-state index contributed by atoms with van der Waals surface area (Å²) in [4.78, 5) is 1.97. The van der Waals surface area contributed by atoms with Gasteiger partial charge >= 0.3 is 0 Å². The number of hydrogen-bond donors (Lipinski definition) is 0. The van der Waals surface area contributed by atoms with Gasteiger partial charge in [0, 0.05) is 0 Å². The Morgan fingerprint density at radius 2 is 1.88 bits per heavy atom. The van der Waals surface area contributed by atoms with Crippen molar-refractivity contribution in [1.82, 2.24) is 4.90 Å². The summed E-state index contributed by atoms with van der Waals surface area (Å²) >= 11 is 0. The van der Waals surface area contributed by atoms with Gasteiger partial charge in [-0.1, -0.05) is 5.92 Å². The highest BCUT2D eigenvalue weighted by Crippen LogP contribution is 1.81. The standard InChI is InChI=1S/C7H11N/c1-4-7-8(5-2)6-3/h1H,2-3,5-7H2. The Balaban J connectivity index is 3.25. The maximum absolute atomic E-state index is 5.03. The fraction of sp³-hybridized carbons (Fsp3) is 0.429. The Morgan fingerprint density at radius 3 is 2.00 bits per heavy atom. The van der Waals surface area contributed by atoms with Gasteiger partial charge < -0.3 is 0 Å². The van der Waals surface area contributed by atoms with Crippen molar-refractivity contribution in [2.24, 2.45) is 0 Å². The van der Waals surface area contributed by atoms with E-state index in [1.165, 1.54) is 0 Å². The lowest BCUT2D eigenvalue weighted by atomic mass is 10.5. The molecule has 0 aliphatic heterocycles. The molecule has 0 aromatic rings. The molecule has 0 unspecified atom stereocenters. The summed E-state index contributed by atoms with van der Waals surface area (Å²) in [5, 5.41) is 0. The first-order valence-electron chi connectivity index (χ1n) is 2.59. The molecule has 0 saturated heterocycles. The first kappa shape index (κ1) is 7.52. The van der Waals surface area contributed by atoms with Crippen LogP contribution in [0.2, 0.25) is 0 Å². The van der Waals surface area contributed by atoms with Gasteiger partial charge in [-0.05, 0) is 26.9 Å². The Morgan fingerprint density at radius 1 is 1.38 bits per heavy atom. The monoisotopic (exact) mass is 109 g/mol. The van der Waals surface area contributed by atoms with Crippen LogP contribution < -0.4 is 0 Å². The Labute approximate surface area is 51.7 Å². The summed E-state index contributed by atoms with van der Waals surface area (Å²) < 4.78 is 0. The molecule has 0 aliphatic carbocycles. The molecule has 0 aliphatic rings. The molecule has 8 heavy (non-hydrogen) atoms. The smallest absolute Gasteiger partial charge is 0.0598 e. The van der Waals surface area contributed by atoms with Crippen LogP contribution in [0.15, 0.2) is 0 Å². The summed E-state index contributed by atoms with van der Waals surface area (Å²) in [6.07, 6.45) is 5.03. The zero-order valence-corrected chi connectivity index (χ0v) is 5.06. The zero-order valence-electron chi connectivity index (χ0n) is 5.06. The molecule has 0 heterocycles. The molecule has 0 rings (SSSR count). The molecule has 44 valence electrons. The van der Waals surface area contributed by atoms with E-state index in [0.717, 1.165) is 13.1 Å². The molecule has 0 spiro atoms. The van der Waals surface area contributed by atoms with E-state index in [1.807, 2.05) is 4.90 Å². The Kier molecular flexibility index (Phi) is 4.39. The van der Waals surface area contributed by atoms with Gasteiger partial charge in [0.15, 0.2) is 0 Å². The quantitative estimate of drug-likeness (QED) is 0.479. The van der Waals surface area contributed by atoms with Gasteiger partial charge in [0.1, 0.15) is 0 Å². The van der Waals surface area contributed by atoms with Crippen LogP contribution in [0.5, 0.6) is 0 Å². The van der Waals surface area contributed by atoms with E-state index in [4.69, 9.17) is 6.42 Å². The lowest BCUT2D eigenvalue weighted by Gasteiger charge is -2.12. The van der Waals surface area contributed by atoms with E-state index < -0.39 is 0 Å². The molecule has 0 atom stereocenters. The van der Waals surface area contributed by atoms with Gasteiger partial charge in [-0.2, -0.15) is 0 Å². The van der Waals surface area contributed by atoms with Gasteiger partial charge in [-0.15, -0.1) is 6.42 Å². The van der Waals surface area contributed by atoms with Gasteiger partial charge in [0.2, 0.25) is 0 Å². The summed E-state index contributed by atoms with van der Waals surface area (Å²) in [6, 6.07) is 0. The fourth-order valence-electron chi connectivity index (χ4n) is 0.399. The van der Waals surface area contributed by atoms with Crippen LogP contribution in [-0.4, -0.2) is 24.5 Å². The number of hydrogen-bond acceptors (Lipinski definition) is 1. The lowest BCUT2D eigenvalue weighted by molar-refractivity contribution is 0.375. The van der Waals surface area contributed by atoms with Crippen molar-refractivity contribution in [2.75, 3.05) is 19.6 Å². The average Bonchev–Trinajstić information content (AvgIpc) is 1.83. The SMILES string of the molecule is C#CCN(C[CH2])C[CH2]. The Hall–Kier alpha value is -0.480. The van der Waals surface area contributed by atoms with Crippen molar-refractivity contribution < 1.29 is 0 Å². The number of nitrogens with zero attached hydrogens (tertiary/aromatic N) is 1. The highest BCUT2D eigenvalue weighted by Gasteiger charge is 1.91. The van der Waals surface area contributed by atoms with Crippen molar-refractivity contribution in [3.63, 3.8) is 0 Å². The molecule has 0 N–H and O–H groups in total. The molecule has 0 amide bonds. The molecule has 0 bridgehead atoms. The van der Waals surface area contributed by atoms with Gasteiger partial charge in [0.05, 0.1) is 6.54 Å². The third-order valence-corrected chi connectivity index (χ3v) is 0.947. The summed E-state index contributed by atoms with van der Waals surface area (Å²) in [5.74, 6) is 2.52. The first-order chi connectivity index (χ1) is 3.85. The molecule has 1 nitrogen and oxygen atoms in total. The summed E-state index contributed by atoms with van der Waals surface area (Å²) in [5.41, 5.74) is 0. The van der Waals surface area contributed by atoms with E-state index in [9.17, 15) is 0 Å². The molecule has 2 radical (unpaired) electrons. The second-order valence-corrected chi connectivity index (χ2v) is 1.48. The van der Waals surface area contributed by atoms with Crippen LogP contribution in [0.1, 0.15) is 0 Å². The Bertz CT molecular complexity index is 76.9. The van der Waals surface area contributed by atoms with Gasteiger partial charge in [-0.25, -0.2) is 0 Å².